The highest BCUT2D eigenvalue weighted by atomic mass is 79.9. The first-order valence-corrected chi connectivity index (χ1v) is 11.2. The van der Waals surface area contributed by atoms with Crippen molar-refractivity contribution in [1.82, 2.24) is 0 Å². The summed E-state index contributed by atoms with van der Waals surface area (Å²) in [5, 5.41) is 0. The van der Waals surface area contributed by atoms with E-state index in [1.54, 1.807) is 24.3 Å². The fraction of sp³-hybridized carbons (Fsp3) is 0.667. The molecule has 7 fully saturated rings. The minimum Gasteiger partial charge on any atom is -0.346 e. The van der Waals surface area contributed by atoms with Gasteiger partial charge in [0.2, 0.25) is 0 Å². The second-order valence-electron chi connectivity index (χ2n) is 8.47. The summed E-state index contributed by atoms with van der Waals surface area (Å²) in [6.07, 6.45) is 0. The van der Waals surface area contributed by atoms with Gasteiger partial charge in [-0.2, -0.15) is 0 Å². The van der Waals surface area contributed by atoms with Crippen LogP contribution in [0.3, 0.4) is 0 Å². The Morgan fingerprint density at radius 1 is 0.958 bits per heavy atom. The largest absolute Gasteiger partial charge is 0.346 e. The van der Waals surface area contributed by atoms with E-state index in [1.165, 1.54) is 0 Å². The molecule has 8 rings (SSSR count). The summed E-state index contributed by atoms with van der Waals surface area (Å²) >= 11 is 4.02. The Bertz CT molecular complexity index is 871. The smallest absolute Gasteiger partial charge is 0.187 e. The molecule has 0 aromatic heterocycles. The maximum absolute atomic E-state index is 12.9. The molecule has 1 aliphatic heterocycles. The topological polar surface area (TPSA) is 52.6 Å². The van der Waals surface area contributed by atoms with Crippen LogP contribution in [-0.4, -0.2) is 37.5 Å². The van der Waals surface area contributed by atoms with Crippen LogP contribution in [0.25, 0.3) is 0 Å². The minimum absolute atomic E-state index is 0.0186. The van der Waals surface area contributed by atoms with Crippen molar-refractivity contribution in [2.75, 3.05) is 19.0 Å². The number of hydrogen-bond donors (Lipinski definition) is 0. The van der Waals surface area contributed by atoms with Crippen LogP contribution in [0.2, 0.25) is 0 Å². The molecule has 0 N–H and O–H groups in total. The summed E-state index contributed by atoms with van der Waals surface area (Å²) in [5.41, 5.74) is 0.0186. The van der Waals surface area contributed by atoms with Gasteiger partial charge in [0, 0.05) is 5.92 Å². The molecule has 1 spiro atoms. The maximum atomic E-state index is 12.9. The third-order valence-corrected chi connectivity index (χ3v) is 11.9. The summed E-state index contributed by atoms with van der Waals surface area (Å²) in [7, 11) is -3.22. The molecule has 1 heterocycles. The summed E-state index contributed by atoms with van der Waals surface area (Å²) in [5.74, 6) is 2.88. The molecule has 6 saturated carbocycles. The van der Waals surface area contributed by atoms with Gasteiger partial charge in [0.1, 0.15) is 0 Å². The molecule has 1 aromatic rings. The molecule has 1 aromatic carbocycles. The molecule has 6 heteroatoms. The van der Waals surface area contributed by atoms with Crippen LogP contribution in [0.1, 0.15) is 0 Å². The van der Waals surface area contributed by atoms with Crippen LogP contribution in [-0.2, 0) is 19.3 Å². The maximum Gasteiger partial charge on any atom is 0.187 e. The molecular formula is C18H17BrO4S. The number of benzene rings is 1. The Morgan fingerprint density at radius 2 is 1.54 bits per heavy atom. The number of rotatable bonds is 3. The van der Waals surface area contributed by atoms with Gasteiger partial charge in [0.05, 0.1) is 28.2 Å². The van der Waals surface area contributed by atoms with Gasteiger partial charge < -0.3 is 9.47 Å². The van der Waals surface area contributed by atoms with E-state index in [-0.39, 0.29) is 9.74 Å². The Kier molecular flexibility index (Phi) is 2.02. The predicted molar refractivity (Wildman–Crippen MR) is 88.2 cm³/mol. The van der Waals surface area contributed by atoms with E-state index in [0.29, 0.717) is 59.4 Å². The van der Waals surface area contributed by atoms with Gasteiger partial charge in [-0.15, -0.1) is 0 Å². The monoisotopic (exact) mass is 408 g/mol. The zero-order valence-electron chi connectivity index (χ0n) is 12.9. The summed E-state index contributed by atoms with van der Waals surface area (Å²) in [6, 6.07) is 8.92. The van der Waals surface area contributed by atoms with Crippen LogP contribution in [0, 0.1) is 40.9 Å². The SMILES string of the molecule is O=S(=O)(CC12C3C4C1C1C2C3C1(Br)C41OCCO1)c1ccccc1. The van der Waals surface area contributed by atoms with Crippen molar-refractivity contribution in [3.63, 3.8) is 0 Å². The van der Waals surface area contributed by atoms with Crippen molar-refractivity contribution in [2.24, 2.45) is 40.9 Å². The van der Waals surface area contributed by atoms with E-state index in [9.17, 15) is 8.42 Å². The van der Waals surface area contributed by atoms with Gasteiger partial charge >= 0.3 is 0 Å². The highest BCUT2D eigenvalue weighted by molar-refractivity contribution is 9.10. The fourth-order valence-electron chi connectivity index (χ4n) is 8.17. The van der Waals surface area contributed by atoms with Crippen LogP contribution >= 0.6 is 15.9 Å². The molecule has 4 atom stereocenters. The quantitative estimate of drug-likeness (QED) is 0.718. The van der Waals surface area contributed by atoms with Crippen molar-refractivity contribution in [3.05, 3.63) is 30.3 Å². The molecule has 7 aliphatic rings. The normalized spacial score (nSPS) is 56.2. The molecule has 1 saturated heterocycles. The molecule has 24 heavy (non-hydrogen) atoms. The number of hydrogen-bond acceptors (Lipinski definition) is 4. The third-order valence-electron chi connectivity index (χ3n) is 8.38. The Labute approximate surface area is 148 Å². The number of ether oxygens (including phenoxy) is 2. The lowest BCUT2D eigenvalue weighted by Crippen LogP contribution is -2.93. The van der Waals surface area contributed by atoms with E-state index < -0.39 is 15.6 Å². The van der Waals surface area contributed by atoms with Crippen molar-refractivity contribution in [2.45, 2.75) is 15.0 Å². The van der Waals surface area contributed by atoms with E-state index in [2.05, 4.69) is 15.9 Å². The molecular weight excluding hydrogens is 392 g/mol. The lowest BCUT2D eigenvalue weighted by Gasteiger charge is -2.91. The molecule has 2 bridgehead atoms. The molecule has 4 unspecified atom stereocenters. The van der Waals surface area contributed by atoms with Gasteiger partial charge in [-0.3, -0.25) is 0 Å². The number of alkyl halides is 1. The summed E-state index contributed by atoms with van der Waals surface area (Å²) in [4.78, 5) is 0.467. The fourth-order valence-corrected chi connectivity index (χ4v) is 11.8. The average molecular weight is 409 g/mol. The first-order chi connectivity index (χ1) is 11.5. The van der Waals surface area contributed by atoms with Crippen LogP contribution in [0.5, 0.6) is 0 Å². The Balaban J connectivity index is 1.28. The number of halogens is 1. The summed E-state index contributed by atoms with van der Waals surface area (Å²) < 4.78 is 38.2. The van der Waals surface area contributed by atoms with Gasteiger partial charge in [-0.25, -0.2) is 8.42 Å². The van der Waals surface area contributed by atoms with E-state index in [1.807, 2.05) is 6.07 Å². The van der Waals surface area contributed by atoms with Gasteiger partial charge in [0.25, 0.3) is 0 Å². The average Bonchev–Trinajstić information content (AvgIpc) is 3.12. The highest BCUT2D eigenvalue weighted by Crippen LogP contribution is 3.04. The van der Waals surface area contributed by atoms with Crippen molar-refractivity contribution < 1.29 is 17.9 Å². The Morgan fingerprint density at radius 3 is 2.17 bits per heavy atom. The third kappa shape index (κ3) is 0.959. The van der Waals surface area contributed by atoms with E-state index in [0.717, 1.165) is 0 Å². The van der Waals surface area contributed by atoms with Gasteiger partial charge in [-0.05, 0) is 47.1 Å². The van der Waals surface area contributed by atoms with Gasteiger partial charge in [0.15, 0.2) is 15.6 Å². The first-order valence-electron chi connectivity index (χ1n) is 8.75. The lowest BCUT2D eigenvalue weighted by atomic mass is 9.13. The van der Waals surface area contributed by atoms with Crippen molar-refractivity contribution in [3.8, 4) is 0 Å². The zero-order chi connectivity index (χ0) is 16.1. The predicted octanol–water partition coefficient (Wildman–Crippen LogP) is 2.09. The number of sulfone groups is 1. The lowest BCUT2D eigenvalue weighted by molar-refractivity contribution is -0.429. The van der Waals surface area contributed by atoms with Crippen LogP contribution in [0.4, 0.5) is 0 Å². The van der Waals surface area contributed by atoms with Crippen molar-refractivity contribution in [1.29, 1.82) is 0 Å². The standard InChI is InChI=1S/C18H17BrO4S/c19-17-13-10-14(17)12-15(18(17)22-6-7-23-18)11(13)16(10,12)8-24(20,21)9-4-2-1-3-5-9/h1-5,10-15H,6-8H2. The molecule has 0 amide bonds. The second-order valence-corrected chi connectivity index (χ2v) is 11.8. The van der Waals surface area contributed by atoms with Crippen LogP contribution < -0.4 is 0 Å². The van der Waals surface area contributed by atoms with Crippen molar-refractivity contribution >= 4 is 25.8 Å². The second kappa shape index (κ2) is 3.53. The Hall–Kier alpha value is -0.430. The zero-order valence-corrected chi connectivity index (χ0v) is 15.3. The summed E-state index contributed by atoms with van der Waals surface area (Å²) in [6.45, 7) is 1.34. The molecule has 126 valence electrons. The van der Waals surface area contributed by atoms with Gasteiger partial charge in [-0.1, -0.05) is 34.1 Å². The molecule has 4 nitrogen and oxygen atoms in total. The molecule has 0 radical (unpaired) electrons. The minimum atomic E-state index is -3.22. The molecule has 6 aliphatic carbocycles. The first kappa shape index (κ1) is 13.7. The van der Waals surface area contributed by atoms with Crippen LogP contribution in [0.15, 0.2) is 35.2 Å². The highest BCUT2D eigenvalue weighted by Gasteiger charge is 3.08. The van der Waals surface area contributed by atoms with E-state index in [4.69, 9.17) is 9.47 Å². The van der Waals surface area contributed by atoms with E-state index >= 15 is 0 Å².